The Labute approximate surface area is 186 Å². The molecule has 31 heavy (non-hydrogen) atoms. The smallest absolute Gasteiger partial charge is 0.220 e. The standard InChI is InChI=1S/C25H35N3O3/c1-30-23-11-13-24(14-12-23)31-21-7-10-25(29)26-15-5-6-16-27-17-19-28(20-18-27)22-8-3-2-4-9-22/h2-4,8-9,11-14H,5-7,10,15-21H2,1H3,(H,26,29). The third-order valence-electron chi connectivity index (χ3n) is 5.59. The number of benzene rings is 2. The summed E-state index contributed by atoms with van der Waals surface area (Å²) in [7, 11) is 1.64. The lowest BCUT2D eigenvalue weighted by Crippen LogP contribution is -2.46. The van der Waals surface area contributed by atoms with Crippen LogP contribution in [0, 0.1) is 0 Å². The van der Waals surface area contributed by atoms with Gasteiger partial charge in [0, 0.05) is 44.8 Å². The summed E-state index contributed by atoms with van der Waals surface area (Å²) in [5, 5.41) is 3.02. The number of methoxy groups -OCH3 is 1. The lowest BCUT2D eigenvalue weighted by Gasteiger charge is -2.36. The number of unbranched alkanes of at least 4 members (excludes halogenated alkanes) is 1. The third-order valence-corrected chi connectivity index (χ3v) is 5.59. The number of para-hydroxylation sites is 1. The number of nitrogens with zero attached hydrogens (tertiary/aromatic N) is 2. The summed E-state index contributed by atoms with van der Waals surface area (Å²) >= 11 is 0. The molecule has 0 bridgehead atoms. The van der Waals surface area contributed by atoms with Gasteiger partial charge in [0.1, 0.15) is 11.5 Å². The largest absolute Gasteiger partial charge is 0.497 e. The Morgan fingerprint density at radius 1 is 0.903 bits per heavy atom. The van der Waals surface area contributed by atoms with Crippen molar-refractivity contribution in [2.24, 2.45) is 0 Å². The van der Waals surface area contributed by atoms with Crippen molar-refractivity contribution in [3.05, 3.63) is 54.6 Å². The highest BCUT2D eigenvalue weighted by molar-refractivity contribution is 5.75. The molecular formula is C25H35N3O3. The third kappa shape index (κ3) is 8.13. The topological polar surface area (TPSA) is 54.0 Å². The van der Waals surface area contributed by atoms with Crippen molar-refractivity contribution in [3.63, 3.8) is 0 Å². The van der Waals surface area contributed by atoms with Crippen LogP contribution < -0.4 is 19.7 Å². The number of carbonyl (C=O) groups excluding carboxylic acids is 1. The van der Waals surface area contributed by atoms with Crippen LogP contribution in [0.25, 0.3) is 0 Å². The van der Waals surface area contributed by atoms with E-state index in [4.69, 9.17) is 9.47 Å². The van der Waals surface area contributed by atoms with Crippen molar-refractivity contribution < 1.29 is 14.3 Å². The molecule has 0 spiro atoms. The van der Waals surface area contributed by atoms with Gasteiger partial charge in [0.25, 0.3) is 0 Å². The number of hydrogen-bond acceptors (Lipinski definition) is 5. The van der Waals surface area contributed by atoms with Gasteiger partial charge in [-0.25, -0.2) is 0 Å². The normalized spacial score (nSPS) is 14.3. The molecule has 0 unspecified atom stereocenters. The molecule has 6 nitrogen and oxygen atoms in total. The molecule has 2 aromatic rings. The molecule has 0 aliphatic carbocycles. The van der Waals surface area contributed by atoms with Gasteiger partial charge in [-0.2, -0.15) is 0 Å². The lowest BCUT2D eigenvalue weighted by atomic mass is 10.2. The van der Waals surface area contributed by atoms with E-state index in [-0.39, 0.29) is 5.91 Å². The van der Waals surface area contributed by atoms with Gasteiger partial charge in [-0.3, -0.25) is 9.69 Å². The van der Waals surface area contributed by atoms with Crippen LogP contribution in [-0.2, 0) is 4.79 Å². The summed E-state index contributed by atoms with van der Waals surface area (Å²) in [5.74, 6) is 1.71. The molecule has 1 heterocycles. The zero-order valence-corrected chi connectivity index (χ0v) is 18.6. The highest BCUT2D eigenvalue weighted by Gasteiger charge is 2.16. The Morgan fingerprint density at radius 2 is 1.61 bits per heavy atom. The monoisotopic (exact) mass is 425 g/mol. The van der Waals surface area contributed by atoms with Crippen LogP contribution in [0.5, 0.6) is 11.5 Å². The summed E-state index contributed by atoms with van der Waals surface area (Å²) < 4.78 is 10.8. The molecule has 2 aromatic carbocycles. The highest BCUT2D eigenvalue weighted by atomic mass is 16.5. The average Bonchev–Trinajstić information content (AvgIpc) is 2.83. The summed E-state index contributed by atoms with van der Waals surface area (Å²) in [6.07, 6.45) is 3.35. The van der Waals surface area contributed by atoms with Gasteiger partial charge in [0.15, 0.2) is 0 Å². The molecule has 0 saturated carbocycles. The molecule has 1 amide bonds. The van der Waals surface area contributed by atoms with Gasteiger partial charge < -0.3 is 19.7 Å². The van der Waals surface area contributed by atoms with Crippen molar-refractivity contribution in [2.75, 3.05) is 57.9 Å². The van der Waals surface area contributed by atoms with E-state index >= 15 is 0 Å². The van der Waals surface area contributed by atoms with Crippen LogP contribution in [0.1, 0.15) is 25.7 Å². The zero-order chi connectivity index (χ0) is 21.7. The second-order valence-electron chi connectivity index (χ2n) is 7.85. The molecular weight excluding hydrogens is 390 g/mol. The Morgan fingerprint density at radius 3 is 2.32 bits per heavy atom. The first-order valence-corrected chi connectivity index (χ1v) is 11.3. The number of anilines is 1. The number of piperazine rings is 1. The average molecular weight is 426 g/mol. The molecule has 1 aliphatic rings. The van der Waals surface area contributed by atoms with Crippen LogP contribution in [0.4, 0.5) is 5.69 Å². The minimum absolute atomic E-state index is 0.106. The number of carbonyl (C=O) groups is 1. The molecule has 3 rings (SSSR count). The fourth-order valence-corrected chi connectivity index (χ4v) is 3.74. The SMILES string of the molecule is COc1ccc(OCCCC(=O)NCCCCN2CCN(c3ccccc3)CC2)cc1. The fourth-order valence-electron chi connectivity index (χ4n) is 3.74. The van der Waals surface area contributed by atoms with Gasteiger partial charge in [-0.1, -0.05) is 18.2 Å². The first-order valence-electron chi connectivity index (χ1n) is 11.3. The van der Waals surface area contributed by atoms with E-state index in [1.165, 1.54) is 5.69 Å². The van der Waals surface area contributed by atoms with Crippen molar-refractivity contribution in [1.82, 2.24) is 10.2 Å². The van der Waals surface area contributed by atoms with Crippen molar-refractivity contribution in [2.45, 2.75) is 25.7 Å². The molecule has 1 aliphatic heterocycles. The number of nitrogens with one attached hydrogen (secondary N) is 1. The maximum Gasteiger partial charge on any atom is 0.220 e. The number of rotatable bonds is 12. The van der Waals surface area contributed by atoms with Crippen LogP contribution in [0.15, 0.2) is 54.6 Å². The zero-order valence-electron chi connectivity index (χ0n) is 18.6. The summed E-state index contributed by atoms with van der Waals surface area (Å²) in [6.45, 7) is 6.77. The predicted molar refractivity (Wildman–Crippen MR) is 125 cm³/mol. The molecule has 0 atom stereocenters. The maximum atomic E-state index is 12.0. The summed E-state index contributed by atoms with van der Waals surface area (Å²) in [6, 6.07) is 18.1. The van der Waals surface area contributed by atoms with E-state index in [0.29, 0.717) is 19.4 Å². The quantitative estimate of drug-likeness (QED) is 0.527. The molecule has 0 radical (unpaired) electrons. The van der Waals surface area contributed by atoms with Gasteiger partial charge in [-0.15, -0.1) is 0 Å². The van der Waals surface area contributed by atoms with E-state index in [1.807, 2.05) is 24.3 Å². The lowest BCUT2D eigenvalue weighted by molar-refractivity contribution is -0.121. The Kier molecular flexibility index (Phi) is 9.51. The van der Waals surface area contributed by atoms with Crippen LogP contribution in [-0.4, -0.2) is 63.8 Å². The van der Waals surface area contributed by atoms with Crippen LogP contribution in [0.2, 0.25) is 0 Å². The van der Waals surface area contributed by atoms with E-state index in [1.54, 1.807) is 7.11 Å². The summed E-state index contributed by atoms with van der Waals surface area (Å²) in [5.41, 5.74) is 1.32. The number of ether oxygens (including phenoxy) is 2. The first kappa shape index (κ1) is 22.9. The summed E-state index contributed by atoms with van der Waals surface area (Å²) in [4.78, 5) is 17.0. The minimum Gasteiger partial charge on any atom is -0.497 e. The van der Waals surface area contributed by atoms with Gasteiger partial charge >= 0.3 is 0 Å². The van der Waals surface area contributed by atoms with Gasteiger partial charge in [-0.05, 0) is 62.2 Å². The van der Waals surface area contributed by atoms with Gasteiger partial charge in [0.2, 0.25) is 5.91 Å². The highest BCUT2D eigenvalue weighted by Crippen LogP contribution is 2.17. The Balaban J connectivity index is 1.17. The van der Waals surface area contributed by atoms with E-state index in [0.717, 1.165) is 63.6 Å². The fraction of sp³-hybridized carbons (Fsp3) is 0.480. The van der Waals surface area contributed by atoms with Crippen molar-refractivity contribution in [1.29, 1.82) is 0 Å². The second kappa shape index (κ2) is 12.8. The van der Waals surface area contributed by atoms with E-state index < -0.39 is 0 Å². The maximum absolute atomic E-state index is 12.0. The number of amides is 1. The van der Waals surface area contributed by atoms with E-state index in [2.05, 4.69) is 45.4 Å². The molecule has 0 aromatic heterocycles. The number of hydrogen-bond donors (Lipinski definition) is 1. The Hall–Kier alpha value is -2.73. The second-order valence-corrected chi connectivity index (χ2v) is 7.85. The molecule has 1 N–H and O–H groups in total. The van der Waals surface area contributed by atoms with Crippen molar-refractivity contribution in [3.8, 4) is 11.5 Å². The van der Waals surface area contributed by atoms with Crippen LogP contribution in [0.3, 0.4) is 0 Å². The first-order chi connectivity index (χ1) is 15.2. The molecule has 1 saturated heterocycles. The Bertz CT molecular complexity index is 759. The van der Waals surface area contributed by atoms with Crippen LogP contribution >= 0.6 is 0 Å². The van der Waals surface area contributed by atoms with E-state index in [9.17, 15) is 4.79 Å². The predicted octanol–water partition coefficient (Wildman–Crippen LogP) is 3.57. The minimum atomic E-state index is 0.106. The molecule has 168 valence electrons. The molecule has 6 heteroatoms. The molecule has 1 fully saturated rings. The van der Waals surface area contributed by atoms with Gasteiger partial charge in [0.05, 0.1) is 13.7 Å². The van der Waals surface area contributed by atoms with Crippen molar-refractivity contribution >= 4 is 11.6 Å².